The van der Waals surface area contributed by atoms with Crippen LogP contribution in [0.3, 0.4) is 0 Å². The Morgan fingerprint density at radius 3 is 2.11 bits per heavy atom. The van der Waals surface area contributed by atoms with Gasteiger partial charge in [-0.25, -0.2) is 13.1 Å². The van der Waals surface area contributed by atoms with Crippen LogP contribution in [0, 0.1) is 0 Å². The summed E-state index contributed by atoms with van der Waals surface area (Å²) in [6, 6.07) is 0.270. The molecule has 0 unspecified atom stereocenters. The molecule has 0 aromatic heterocycles. The molecule has 4 nitrogen and oxygen atoms in total. The zero-order chi connectivity index (χ0) is 14.5. The smallest absolute Gasteiger partial charge is 0.317 e. The third kappa shape index (κ3) is 7.12. The first kappa shape index (κ1) is 16.7. The van der Waals surface area contributed by atoms with Gasteiger partial charge < -0.3 is 5.32 Å². The fraction of sp³-hybridized carbons (Fsp3) is 1.00. The Hall–Kier alpha value is -0.340. The lowest BCUT2D eigenvalue weighted by Gasteiger charge is -2.28. The molecule has 0 spiro atoms. The van der Waals surface area contributed by atoms with Gasteiger partial charge in [0.1, 0.15) is 0 Å². The van der Waals surface area contributed by atoms with E-state index in [2.05, 4.69) is 10.0 Å². The predicted octanol–water partition coefficient (Wildman–Crippen LogP) is 1.78. The monoisotopic (exact) mass is 302 g/mol. The summed E-state index contributed by atoms with van der Waals surface area (Å²) in [5, 5.41) is 3.14. The van der Waals surface area contributed by atoms with Crippen molar-refractivity contribution in [3.8, 4) is 0 Å². The van der Waals surface area contributed by atoms with Gasteiger partial charge in [0.15, 0.2) is 0 Å². The first-order valence-electron chi connectivity index (χ1n) is 6.46. The number of halogens is 3. The quantitative estimate of drug-likeness (QED) is 0.786. The van der Waals surface area contributed by atoms with Gasteiger partial charge in [-0.05, 0) is 39.2 Å². The van der Waals surface area contributed by atoms with E-state index in [1.807, 2.05) is 7.05 Å². The molecule has 0 radical (unpaired) electrons. The first-order chi connectivity index (χ1) is 8.72. The minimum Gasteiger partial charge on any atom is -0.317 e. The van der Waals surface area contributed by atoms with E-state index in [4.69, 9.17) is 0 Å². The zero-order valence-corrected chi connectivity index (χ0v) is 11.8. The highest BCUT2D eigenvalue weighted by atomic mass is 32.2. The van der Waals surface area contributed by atoms with Crippen LogP contribution in [0.25, 0.3) is 0 Å². The molecule has 19 heavy (non-hydrogen) atoms. The predicted molar refractivity (Wildman–Crippen MR) is 67.3 cm³/mol. The highest BCUT2D eigenvalue weighted by Crippen LogP contribution is 2.22. The van der Waals surface area contributed by atoms with Crippen LogP contribution in [0.2, 0.25) is 0 Å². The van der Waals surface area contributed by atoms with Crippen LogP contribution in [0.4, 0.5) is 13.2 Å². The molecule has 0 atom stereocenters. The third-order valence-electron chi connectivity index (χ3n) is 3.35. The highest BCUT2D eigenvalue weighted by Gasteiger charge is 2.28. The SMILES string of the molecule is CNC1CCC(NS(=O)(=O)CCCC(F)(F)F)CC1. The Balaban J connectivity index is 2.31. The van der Waals surface area contributed by atoms with E-state index < -0.39 is 28.4 Å². The molecule has 1 fully saturated rings. The molecule has 0 heterocycles. The summed E-state index contributed by atoms with van der Waals surface area (Å²) in [5.74, 6) is -0.460. The van der Waals surface area contributed by atoms with E-state index in [1.54, 1.807) is 0 Å². The van der Waals surface area contributed by atoms with Crippen LogP contribution in [0.15, 0.2) is 0 Å². The maximum Gasteiger partial charge on any atom is 0.389 e. The molecule has 0 bridgehead atoms. The second kappa shape index (κ2) is 6.90. The number of hydrogen-bond donors (Lipinski definition) is 2. The van der Waals surface area contributed by atoms with E-state index in [0.717, 1.165) is 25.7 Å². The Morgan fingerprint density at radius 2 is 1.63 bits per heavy atom. The Kier molecular flexibility index (Phi) is 6.07. The van der Waals surface area contributed by atoms with E-state index >= 15 is 0 Å². The number of rotatable bonds is 6. The van der Waals surface area contributed by atoms with Crippen LogP contribution in [0.1, 0.15) is 38.5 Å². The Morgan fingerprint density at radius 1 is 1.11 bits per heavy atom. The van der Waals surface area contributed by atoms with Crippen molar-refractivity contribution in [1.82, 2.24) is 10.0 Å². The molecule has 0 aliphatic heterocycles. The average molecular weight is 302 g/mol. The normalized spacial score (nSPS) is 25.5. The summed E-state index contributed by atoms with van der Waals surface area (Å²) in [4.78, 5) is 0. The number of nitrogens with one attached hydrogen (secondary N) is 2. The lowest BCUT2D eigenvalue weighted by Crippen LogP contribution is -2.42. The van der Waals surface area contributed by atoms with E-state index in [-0.39, 0.29) is 12.5 Å². The molecule has 0 saturated heterocycles. The maximum atomic E-state index is 11.9. The lowest BCUT2D eigenvalue weighted by molar-refractivity contribution is -0.134. The first-order valence-corrected chi connectivity index (χ1v) is 8.11. The maximum absolute atomic E-state index is 11.9. The number of alkyl halides is 3. The van der Waals surface area contributed by atoms with Crippen LogP contribution >= 0.6 is 0 Å². The molecular formula is C11H21F3N2O2S. The van der Waals surface area contributed by atoms with E-state index in [0.29, 0.717) is 6.04 Å². The van der Waals surface area contributed by atoms with Crippen LogP contribution < -0.4 is 10.0 Å². The third-order valence-corrected chi connectivity index (χ3v) is 4.87. The van der Waals surface area contributed by atoms with Gasteiger partial charge in [0.25, 0.3) is 0 Å². The fourth-order valence-corrected chi connectivity index (χ4v) is 3.66. The molecule has 1 aliphatic rings. The number of hydrogen-bond acceptors (Lipinski definition) is 3. The summed E-state index contributed by atoms with van der Waals surface area (Å²) in [6.07, 6.45) is -2.52. The molecule has 1 aliphatic carbocycles. The average Bonchev–Trinajstić information content (AvgIpc) is 2.27. The van der Waals surface area contributed by atoms with Gasteiger partial charge in [-0.2, -0.15) is 13.2 Å². The molecule has 1 saturated carbocycles. The topological polar surface area (TPSA) is 58.2 Å². The van der Waals surface area contributed by atoms with E-state index in [1.165, 1.54) is 0 Å². The minimum absolute atomic E-state index is 0.138. The summed E-state index contributed by atoms with van der Waals surface area (Å²) in [7, 11) is -1.73. The summed E-state index contributed by atoms with van der Waals surface area (Å²) in [6.45, 7) is 0. The van der Waals surface area contributed by atoms with Crippen molar-refractivity contribution in [2.45, 2.75) is 56.8 Å². The number of sulfonamides is 1. The van der Waals surface area contributed by atoms with Gasteiger partial charge in [-0.1, -0.05) is 0 Å². The zero-order valence-electron chi connectivity index (χ0n) is 11.0. The molecular weight excluding hydrogens is 281 g/mol. The van der Waals surface area contributed by atoms with Crippen molar-refractivity contribution in [2.24, 2.45) is 0 Å². The molecule has 0 amide bonds. The van der Waals surface area contributed by atoms with Gasteiger partial charge in [0.2, 0.25) is 10.0 Å². The molecule has 1 rings (SSSR count). The Labute approximate surface area is 112 Å². The van der Waals surface area contributed by atoms with Crippen LogP contribution in [-0.2, 0) is 10.0 Å². The largest absolute Gasteiger partial charge is 0.389 e. The second-order valence-electron chi connectivity index (χ2n) is 4.99. The molecule has 2 N–H and O–H groups in total. The van der Waals surface area contributed by atoms with Crippen molar-refractivity contribution < 1.29 is 21.6 Å². The van der Waals surface area contributed by atoms with Crippen LogP contribution in [0.5, 0.6) is 0 Å². The van der Waals surface area contributed by atoms with Crippen molar-refractivity contribution >= 4 is 10.0 Å². The van der Waals surface area contributed by atoms with Crippen molar-refractivity contribution in [1.29, 1.82) is 0 Å². The van der Waals surface area contributed by atoms with Gasteiger partial charge in [-0.3, -0.25) is 0 Å². The highest BCUT2D eigenvalue weighted by molar-refractivity contribution is 7.89. The van der Waals surface area contributed by atoms with Crippen molar-refractivity contribution in [2.75, 3.05) is 12.8 Å². The van der Waals surface area contributed by atoms with Gasteiger partial charge in [-0.15, -0.1) is 0 Å². The Bertz CT molecular complexity index is 363. The van der Waals surface area contributed by atoms with Gasteiger partial charge in [0, 0.05) is 18.5 Å². The molecule has 0 aromatic rings. The van der Waals surface area contributed by atoms with Gasteiger partial charge in [0.05, 0.1) is 5.75 Å². The standard InChI is InChI=1S/C11H21F3N2O2S/c1-15-9-3-5-10(6-4-9)16-19(17,18)8-2-7-11(12,13)14/h9-10,15-16H,2-8H2,1H3. The second-order valence-corrected chi connectivity index (χ2v) is 6.87. The fourth-order valence-electron chi connectivity index (χ4n) is 2.28. The molecule has 114 valence electrons. The minimum atomic E-state index is -4.29. The van der Waals surface area contributed by atoms with Crippen LogP contribution in [-0.4, -0.2) is 39.5 Å². The van der Waals surface area contributed by atoms with Crippen molar-refractivity contribution in [3.63, 3.8) is 0 Å². The summed E-state index contributed by atoms with van der Waals surface area (Å²) in [5.41, 5.74) is 0. The van der Waals surface area contributed by atoms with Crippen molar-refractivity contribution in [3.05, 3.63) is 0 Å². The summed E-state index contributed by atoms with van der Waals surface area (Å²) >= 11 is 0. The molecule has 0 aromatic carbocycles. The van der Waals surface area contributed by atoms with Gasteiger partial charge >= 0.3 is 6.18 Å². The van der Waals surface area contributed by atoms with E-state index in [9.17, 15) is 21.6 Å². The lowest BCUT2D eigenvalue weighted by atomic mass is 9.92. The molecule has 8 heteroatoms. The summed E-state index contributed by atoms with van der Waals surface area (Å²) < 4.78 is 61.6.